The first-order valence-corrected chi connectivity index (χ1v) is 6.53. The van der Waals surface area contributed by atoms with Crippen LogP contribution in [0.4, 0.5) is 0 Å². The molecule has 1 unspecified atom stereocenters. The normalized spacial score (nSPS) is 12.7. The molecular formula is C14H16N6. The molecular weight excluding hydrogens is 252 g/mol. The van der Waals surface area contributed by atoms with Crippen LogP contribution in [-0.4, -0.2) is 19.7 Å². The highest BCUT2D eigenvalue weighted by Gasteiger charge is 2.18. The Morgan fingerprint density at radius 2 is 2.05 bits per heavy atom. The number of aromatic nitrogens is 4. The van der Waals surface area contributed by atoms with Crippen molar-refractivity contribution in [3.8, 4) is 0 Å². The van der Waals surface area contributed by atoms with E-state index in [0.29, 0.717) is 0 Å². The van der Waals surface area contributed by atoms with Crippen molar-refractivity contribution in [3.63, 3.8) is 0 Å². The molecule has 3 rings (SSSR count). The molecule has 1 atom stereocenters. The van der Waals surface area contributed by atoms with Crippen molar-refractivity contribution in [2.45, 2.75) is 19.5 Å². The topological polar surface area (TPSA) is 81.7 Å². The summed E-state index contributed by atoms with van der Waals surface area (Å²) in [5.74, 6) is 5.70. The predicted octanol–water partition coefficient (Wildman–Crippen LogP) is 1.40. The van der Waals surface area contributed by atoms with Crippen LogP contribution in [0.1, 0.15) is 24.4 Å². The molecule has 20 heavy (non-hydrogen) atoms. The van der Waals surface area contributed by atoms with E-state index in [2.05, 4.69) is 20.5 Å². The molecule has 3 aromatic rings. The number of nitrogens with zero attached hydrogens (tertiary/aromatic N) is 4. The standard InChI is InChI=1S/C14H16N6/c1-2-20-13(7-8-17-20)14(19-15)12-9-16-10-5-3-4-6-11(10)18-12/h3-9,14,19H,2,15H2,1H3. The molecule has 1 aromatic carbocycles. The Labute approximate surface area is 116 Å². The molecule has 0 amide bonds. The van der Waals surface area contributed by atoms with Gasteiger partial charge in [-0.1, -0.05) is 12.1 Å². The molecule has 6 nitrogen and oxygen atoms in total. The van der Waals surface area contributed by atoms with Crippen molar-refractivity contribution in [2.24, 2.45) is 5.84 Å². The first kappa shape index (κ1) is 12.7. The van der Waals surface area contributed by atoms with Gasteiger partial charge in [-0.25, -0.2) is 10.4 Å². The van der Waals surface area contributed by atoms with Crippen molar-refractivity contribution in [3.05, 3.63) is 54.1 Å². The van der Waals surface area contributed by atoms with E-state index in [9.17, 15) is 0 Å². The highest BCUT2D eigenvalue weighted by Crippen LogP contribution is 2.20. The minimum atomic E-state index is -0.227. The molecule has 0 aliphatic heterocycles. The first-order chi connectivity index (χ1) is 9.83. The van der Waals surface area contributed by atoms with Crippen molar-refractivity contribution < 1.29 is 0 Å². The van der Waals surface area contributed by atoms with Crippen LogP contribution in [0.25, 0.3) is 11.0 Å². The molecule has 0 spiro atoms. The maximum Gasteiger partial charge on any atom is 0.106 e. The van der Waals surface area contributed by atoms with Crippen LogP contribution >= 0.6 is 0 Å². The number of para-hydroxylation sites is 2. The third kappa shape index (κ3) is 2.15. The van der Waals surface area contributed by atoms with Gasteiger partial charge in [-0.3, -0.25) is 15.5 Å². The van der Waals surface area contributed by atoms with Crippen LogP contribution in [-0.2, 0) is 6.54 Å². The van der Waals surface area contributed by atoms with E-state index in [1.165, 1.54) is 0 Å². The summed E-state index contributed by atoms with van der Waals surface area (Å²) in [6.45, 7) is 2.82. The third-order valence-corrected chi connectivity index (χ3v) is 3.27. The van der Waals surface area contributed by atoms with E-state index >= 15 is 0 Å². The van der Waals surface area contributed by atoms with Gasteiger partial charge in [0.05, 0.1) is 28.6 Å². The van der Waals surface area contributed by atoms with E-state index in [-0.39, 0.29) is 6.04 Å². The lowest BCUT2D eigenvalue weighted by Gasteiger charge is -2.16. The third-order valence-electron chi connectivity index (χ3n) is 3.27. The zero-order chi connectivity index (χ0) is 13.9. The average molecular weight is 268 g/mol. The van der Waals surface area contributed by atoms with Crippen molar-refractivity contribution >= 4 is 11.0 Å². The van der Waals surface area contributed by atoms with E-state index < -0.39 is 0 Å². The van der Waals surface area contributed by atoms with Crippen LogP contribution in [0.2, 0.25) is 0 Å². The second-order valence-electron chi connectivity index (χ2n) is 4.46. The Hall–Kier alpha value is -2.31. The van der Waals surface area contributed by atoms with Crippen molar-refractivity contribution in [1.29, 1.82) is 0 Å². The Bertz CT molecular complexity index is 720. The summed E-state index contributed by atoms with van der Waals surface area (Å²) in [6.07, 6.45) is 3.51. The van der Waals surface area contributed by atoms with Gasteiger partial charge in [0, 0.05) is 12.7 Å². The van der Waals surface area contributed by atoms with E-state index in [1.807, 2.05) is 41.9 Å². The zero-order valence-corrected chi connectivity index (χ0v) is 11.2. The highest BCUT2D eigenvalue weighted by atomic mass is 15.3. The Balaban J connectivity index is 2.07. The predicted molar refractivity (Wildman–Crippen MR) is 76.6 cm³/mol. The Kier molecular flexibility index (Phi) is 3.41. The van der Waals surface area contributed by atoms with E-state index in [1.54, 1.807) is 12.4 Å². The van der Waals surface area contributed by atoms with Gasteiger partial charge in [-0.2, -0.15) is 5.10 Å². The van der Waals surface area contributed by atoms with Crippen LogP contribution in [0.15, 0.2) is 42.7 Å². The molecule has 0 aliphatic carbocycles. The number of nitrogens with two attached hydrogens (primary N) is 1. The lowest BCUT2D eigenvalue weighted by atomic mass is 10.1. The highest BCUT2D eigenvalue weighted by molar-refractivity contribution is 5.73. The first-order valence-electron chi connectivity index (χ1n) is 6.53. The van der Waals surface area contributed by atoms with Gasteiger partial charge < -0.3 is 0 Å². The average Bonchev–Trinajstić information content (AvgIpc) is 2.96. The van der Waals surface area contributed by atoms with Gasteiger partial charge in [-0.05, 0) is 25.1 Å². The molecule has 0 saturated heterocycles. The number of hydrazine groups is 1. The van der Waals surface area contributed by atoms with Crippen LogP contribution in [0.5, 0.6) is 0 Å². The van der Waals surface area contributed by atoms with Gasteiger partial charge in [0.2, 0.25) is 0 Å². The van der Waals surface area contributed by atoms with E-state index in [4.69, 9.17) is 5.84 Å². The summed E-state index contributed by atoms with van der Waals surface area (Å²) in [6, 6.07) is 9.48. The Morgan fingerprint density at radius 3 is 2.80 bits per heavy atom. The van der Waals surface area contributed by atoms with Gasteiger partial charge in [0.15, 0.2) is 0 Å². The fraction of sp³-hybridized carbons (Fsp3) is 0.214. The molecule has 6 heteroatoms. The fourth-order valence-electron chi connectivity index (χ4n) is 2.29. The molecule has 0 radical (unpaired) electrons. The van der Waals surface area contributed by atoms with Gasteiger partial charge in [-0.15, -0.1) is 0 Å². The van der Waals surface area contributed by atoms with Gasteiger partial charge in [0.1, 0.15) is 6.04 Å². The van der Waals surface area contributed by atoms with Crippen LogP contribution < -0.4 is 11.3 Å². The van der Waals surface area contributed by atoms with E-state index in [0.717, 1.165) is 29.0 Å². The summed E-state index contributed by atoms with van der Waals surface area (Å²) in [4.78, 5) is 9.06. The summed E-state index contributed by atoms with van der Waals surface area (Å²) in [5.41, 5.74) is 6.27. The minimum Gasteiger partial charge on any atom is -0.270 e. The second-order valence-corrected chi connectivity index (χ2v) is 4.46. The monoisotopic (exact) mass is 268 g/mol. The maximum atomic E-state index is 5.70. The smallest absolute Gasteiger partial charge is 0.106 e. The molecule has 102 valence electrons. The van der Waals surface area contributed by atoms with Gasteiger partial charge >= 0.3 is 0 Å². The minimum absolute atomic E-state index is 0.227. The number of hydrogen-bond acceptors (Lipinski definition) is 5. The largest absolute Gasteiger partial charge is 0.270 e. The quantitative estimate of drug-likeness (QED) is 0.552. The van der Waals surface area contributed by atoms with Gasteiger partial charge in [0.25, 0.3) is 0 Å². The number of nitrogens with one attached hydrogen (secondary N) is 1. The lowest BCUT2D eigenvalue weighted by molar-refractivity contribution is 0.535. The molecule has 0 saturated carbocycles. The zero-order valence-electron chi connectivity index (χ0n) is 11.2. The van der Waals surface area contributed by atoms with Crippen molar-refractivity contribution in [2.75, 3.05) is 0 Å². The summed E-state index contributed by atoms with van der Waals surface area (Å²) >= 11 is 0. The van der Waals surface area contributed by atoms with Crippen LogP contribution in [0.3, 0.4) is 0 Å². The van der Waals surface area contributed by atoms with Crippen LogP contribution in [0, 0.1) is 0 Å². The number of aryl methyl sites for hydroxylation is 1. The summed E-state index contributed by atoms with van der Waals surface area (Å²) in [5, 5.41) is 4.26. The second kappa shape index (κ2) is 5.36. The van der Waals surface area contributed by atoms with Crippen molar-refractivity contribution in [1.82, 2.24) is 25.2 Å². The molecule has 2 heterocycles. The fourth-order valence-corrected chi connectivity index (χ4v) is 2.29. The number of hydrogen-bond donors (Lipinski definition) is 2. The molecule has 3 N–H and O–H groups in total. The molecule has 2 aromatic heterocycles. The number of rotatable bonds is 4. The number of benzene rings is 1. The molecule has 0 bridgehead atoms. The summed E-state index contributed by atoms with van der Waals surface area (Å²) in [7, 11) is 0. The molecule has 0 aliphatic rings. The SMILES string of the molecule is CCn1nccc1C(NN)c1cnc2ccccc2n1. The Morgan fingerprint density at radius 1 is 1.25 bits per heavy atom. The summed E-state index contributed by atoms with van der Waals surface area (Å²) < 4.78 is 1.89. The number of fused-ring (bicyclic) bond motifs is 1. The lowest BCUT2D eigenvalue weighted by Crippen LogP contribution is -2.31. The molecule has 0 fully saturated rings. The maximum absolute atomic E-state index is 5.70.